The Kier molecular flexibility index (Phi) is 8.65. The number of rotatable bonds is 11. The molecule has 0 aliphatic carbocycles. The zero-order valence-electron chi connectivity index (χ0n) is 20.4. The average Bonchev–Trinajstić information content (AvgIpc) is 2.79. The molecule has 0 spiro atoms. The van der Waals surface area contributed by atoms with Crippen LogP contribution in [0.5, 0.6) is 23.0 Å². The second kappa shape index (κ2) is 11.4. The maximum atomic E-state index is 6.12. The first-order chi connectivity index (χ1) is 15.4. The minimum Gasteiger partial charge on any atom is -0.493 e. The van der Waals surface area contributed by atoms with Crippen molar-refractivity contribution in [3.05, 3.63) is 47.0 Å². The van der Waals surface area contributed by atoms with E-state index in [1.54, 1.807) is 14.2 Å². The Bertz CT molecular complexity index is 882. The van der Waals surface area contributed by atoms with Gasteiger partial charge in [0.25, 0.3) is 0 Å². The van der Waals surface area contributed by atoms with Gasteiger partial charge < -0.3 is 29.2 Å². The van der Waals surface area contributed by atoms with E-state index in [1.165, 1.54) is 11.1 Å². The summed E-state index contributed by atoms with van der Waals surface area (Å²) in [5, 5.41) is 3.66. The molecule has 2 aromatic rings. The van der Waals surface area contributed by atoms with Crippen LogP contribution in [0.2, 0.25) is 0 Å². The minimum atomic E-state index is 0.0573. The van der Waals surface area contributed by atoms with E-state index in [-0.39, 0.29) is 6.04 Å². The van der Waals surface area contributed by atoms with Crippen LogP contribution < -0.4 is 24.3 Å². The van der Waals surface area contributed by atoms with Crippen LogP contribution in [0.25, 0.3) is 0 Å². The highest BCUT2D eigenvalue weighted by Gasteiger charge is 2.25. The van der Waals surface area contributed by atoms with E-state index in [2.05, 4.69) is 62.4 Å². The molecule has 176 valence electrons. The van der Waals surface area contributed by atoms with Crippen LogP contribution >= 0.6 is 0 Å². The van der Waals surface area contributed by atoms with Gasteiger partial charge in [0.05, 0.1) is 33.5 Å². The molecule has 3 rings (SSSR count). The van der Waals surface area contributed by atoms with E-state index in [0.29, 0.717) is 19.1 Å². The van der Waals surface area contributed by atoms with Gasteiger partial charge in [-0.05, 0) is 73.8 Å². The van der Waals surface area contributed by atoms with Gasteiger partial charge in [0.15, 0.2) is 23.0 Å². The van der Waals surface area contributed by atoms with Crippen LogP contribution in [0, 0.1) is 5.92 Å². The molecule has 0 radical (unpaired) electrons. The van der Waals surface area contributed by atoms with Gasteiger partial charge in [0, 0.05) is 13.1 Å². The third-order valence-corrected chi connectivity index (χ3v) is 5.58. The molecule has 1 aliphatic rings. The van der Waals surface area contributed by atoms with Crippen LogP contribution in [0.15, 0.2) is 30.3 Å². The SMILES string of the molecule is COc1cc2c(cc1OCCCN(C)C)C(c1ccc(OCC(C)C)c(OC)c1)NCC2. The first-order valence-electron chi connectivity index (χ1n) is 11.4. The molecule has 0 bridgehead atoms. The van der Waals surface area contributed by atoms with Crippen LogP contribution in [0.4, 0.5) is 0 Å². The average molecular weight is 443 g/mol. The second-order valence-electron chi connectivity index (χ2n) is 8.96. The van der Waals surface area contributed by atoms with E-state index < -0.39 is 0 Å². The topological polar surface area (TPSA) is 52.2 Å². The maximum Gasteiger partial charge on any atom is 0.161 e. The van der Waals surface area contributed by atoms with Crippen molar-refractivity contribution in [2.75, 3.05) is 54.6 Å². The summed E-state index contributed by atoms with van der Waals surface area (Å²) in [6.07, 6.45) is 1.92. The summed E-state index contributed by atoms with van der Waals surface area (Å²) in [4.78, 5) is 2.16. The van der Waals surface area contributed by atoms with Crippen LogP contribution in [-0.2, 0) is 6.42 Å². The summed E-state index contributed by atoms with van der Waals surface area (Å²) in [5.41, 5.74) is 3.64. The fourth-order valence-electron chi connectivity index (χ4n) is 3.94. The van der Waals surface area contributed by atoms with Gasteiger partial charge in [-0.3, -0.25) is 0 Å². The van der Waals surface area contributed by atoms with Crippen LogP contribution in [0.3, 0.4) is 0 Å². The van der Waals surface area contributed by atoms with Crippen molar-refractivity contribution in [3.63, 3.8) is 0 Å². The summed E-state index contributed by atoms with van der Waals surface area (Å²) in [5.74, 6) is 3.58. The number of fused-ring (bicyclic) bond motifs is 1. The largest absolute Gasteiger partial charge is 0.493 e. The molecule has 0 amide bonds. The maximum absolute atomic E-state index is 6.12. The normalized spacial score (nSPS) is 15.6. The van der Waals surface area contributed by atoms with E-state index in [4.69, 9.17) is 18.9 Å². The fourth-order valence-corrected chi connectivity index (χ4v) is 3.94. The number of benzene rings is 2. The molecule has 0 aromatic heterocycles. The zero-order valence-corrected chi connectivity index (χ0v) is 20.4. The Balaban J connectivity index is 1.86. The Morgan fingerprint density at radius 1 is 0.969 bits per heavy atom. The standard InChI is InChI=1S/C26H38N2O4/c1-18(2)17-32-22-9-8-20(15-23(22)29-5)26-21-16-25(31-13-7-12-28(3)4)24(30-6)14-19(21)10-11-27-26/h8-9,14-16,18,26-27H,7,10-13,17H2,1-6H3. The predicted octanol–water partition coefficient (Wildman–Crippen LogP) is 4.30. The highest BCUT2D eigenvalue weighted by atomic mass is 16.5. The molecule has 6 nitrogen and oxygen atoms in total. The number of nitrogens with one attached hydrogen (secondary N) is 1. The predicted molar refractivity (Wildman–Crippen MR) is 129 cm³/mol. The third kappa shape index (κ3) is 6.08. The fraction of sp³-hybridized carbons (Fsp3) is 0.538. The van der Waals surface area contributed by atoms with Crippen LogP contribution in [-0.4, -0.2) is 59.5 Å². The van der Waals surface area contributed by atoms with Crippen molar-refractivity contribution in [1.82, 2.24) is 10.2 Å². The molecule has 2 aromatic carbocycles. The molecule has 1 N–H and O–H groups in total. The Hall–Kier alpha value is -2.44. The molecular formula is C26H38N2O4. The van der Waals surface area contributed by atoms with E-state index in [0.717, 1.165) is 54.5 Å². The third-order valence-electron chi connectivity index (χ3n) is 5.58. The number of methoxy groups -OCH3 is 2. The summed E-state index contributed by atoms with van der Waals surface area (Å²) in [7, 11) is 7.54. The van der Waals surface area contributed by atoms with Gasteiger partial charge in [-0.15, -0.1) is 0 Å². The van der Waals surface area contributed by atoms with Gasteiger partial charge in [0.2, 0.25) is 0 Å². The van der Waals surface area contributed by atoms with Crippen molar-refractivity contribution >= 4 is 0 Å². The highest BCUT2D eigenvalue weighted by molar-refractivity contribution is 5.53. The molecule has 0 saturated heterocycles. The van der Waals surface area contributed by atoms with Gasteiger partial charge in [0.1, 0.15) is 0 Å². The van der Waals surface area contributed by atoms with Gasteiger partial charge >= 0.3 is 0 Å². The first kappa shape index (κ1) is 24.2. The lowest BCUT2D eigenvalue weighted by molar-refractivity contribution is 0.256. The van der Waals surface area contributed by atoms with Gasteiger partial charge in [-0.2, -0.15) is 0 Å². The number of hydrogen-bond donors (Lipinski definition) is 1. The molecular weight excluding hydrogens is 404 g/mol. The van der Waals surface area contributed by atoms with Crippen LogP contribution in [0.1, 0.15) is 43.0 Å². The van der Waals surface area contributed by atoms with E-state index in [1.807, 2.05) is 6.07 Å². The molecule has 32 heavy (non-hydrogen) atoms. The monoisotopic (exact) mass is 442 g/mol. The van der Waals surface area contributed by atoms with E-state index in [9.17, 15) is 0 Å². The summed E-state index contributed by atoms with van der Waals surface area (Å²) in [6.45, 7) is 7.48. The Labute approximate surface area is 192 Å². The molecule has 1 heterocycles. The van der Waals surface area contributed by atoms with Crippen molar-refractivity contribution in [3.8, 4) is 23.0 Å². The molecule has 0 fully saturated rings. The van der Waals surface area contributed by atoms with Crippen molar-refractivity contribution in [2.45, 2.75) is 32.7 Å². The molecule has 1 aliphatic heterocycles. The first-order valence-corrected chi connectivity index (χ1v) is 11.4. The second-order valence-corrected chi connectivity index (χ2v) is 8.96. The number of hydrogen-bond acceptors (Lipinski definition) is 6. The minimum absolute atomic E-state index is 0.0573. The van der Waals surface area contributed by atoms with Gasteiger partial charge in [-0.1, -0.05) is 19.9 Å². The lowest BCUT2D eigenvalue weighted by atomic mass is 9.89. The quantitative estimate of drug-likeness (QED) is 0.524. The molecule has 6 heteroatoms. The summed E-state index contributed by atoms with van der Waals surface area (Å²) >= 11 is 0. The number of ether oxygens (including phenoxy) is 4. The molecule has 1 unspecified atom stereocenters. The Morgan fingerprint density at radius 2 is 1.72 bits per heavy atom. The van der Waals surface area contributed by atoms with Crippen molar-refractivity contribution < 1.29 is 18.9 Å². The lowest BCUT2D eigenvalue weighted by Gasteiger charge is -2.29. The molecule has 1 atom stereocenters. The lowest BCUT2D eigenvalue weighted by Crippen LogP contribution is -2.30. The smallest absolute Gasteiger partial charge is 0.161 e. The number of nitrogens with zero attached hydrogens (tertiary/aromatic N) is 1. The summed E-state index contributed by atoms with van der Waals surface area (Å²) < 4.78 is 23.3. The highest BCUT2D eigenvalue weighted by Crippen LogP contribution is 2.39. The Morgan fingerprint density at radius 3 is 2.41 bits per heavy atom. The van der Waals surface area contributed by atoms with Gasteiger partial charge in [-0.25, -0.2) is 0 Å². The van der Waals surface area contributed by atoms with E-state index >= 15 is 0 Å². The molecule has 0 saturated carbocycles. The van der Waals surface area contributed by atoms with Crippen molar-refractivity contribution in [1.29, 1.82) is 0 Å². The zero-order chi connectivity index (χ0) is 23.1. The summed E-state index contributed by atoms with van der Waals surface area (Å²) in [6, 6.07) is 10.5. The van der Waals surface area contributed by atoms with Crippen molar-refractivity contribution in [2.24, 2.45) is 5.92 Å².